The molecular weight excluding hydrogens is 258 g/mol. The molecule has 1 aromatic heterocycles. The van der Waals surface area contributed by atoms with Crippen LogP contribution in [0.1, 0.15) is 16.0 Å². The van der Waals surface area contributed by atoms with Crippen LogP contribution in [-0.4, -0.2) is 29.6 Å². The smallest absolute Gasteiger partial charge is 0.320 e. The zero-order valence-corrected chi connectivity index (χ0v) is 11.5. The zero-order chi connectivity index (χ0) is 13.5. The second-order valence-corrected chi connectivity index (χ2v) is 5.96. The number of hydrogen-bond acceptors (Lipinski definition) is 3. The van der Waals surface area contributed by atoms with Crippen LogP contribution in [-0.2, 0) is 16.8 Å². The summed E-state index contributed by atoms with van der Waals surface area (Å²) in [5.41, 5.74) is 1.10. The van der Waals surface area contributed by atoms with E-state index in [1.807, 2.05) is 48.8 Å². The highest BCUT2D eigenvalue weighted by Crippen LogP contribution is 2.41. The monoisotopic (exact) mass is 273 g/mol. The van der Waals surface area contributed by atoms with Crippen molar-refractivity contribution in [2.75, 3.05) is 13.6 Å². The molecule has 0 saturated carbocycles. The van der Waals surface area contributed by atoms with E-state index in [9.17, 15) is 9.90 Å². The van der Waals surface area contributed by atoms with Crippen molar-refractivity contribution in [3.05, 3.63) is 57.8 Å². The van der Waals surface area contributed by atoms with Gasteiger partial charge in [0.1, 0.15) is 5.41 Å². The Balaban J connectivity index is 2.28. The maximum atomic E-state index is 12.1. The molecule has 0 amide bonds. The van der Waals surface area contributed by atoms with Gasteiger partial charge in [-0.1, -0.05) is 30.3 Å². The van der Waals surface area contributed by atoms with Crippen molar-refractivity contribution in [1.29, 1.82) is 0 Å². The Morgan fingerprint density at radius 2 is 2.11 bits per heavy atom. The summed E-state index contributed by atoms with van der Waals surface area (Å²) in [6.45, 7) is 1.32. The van der Waals surface area contributed by atoms with E-state index in [2.05, 4.69) is 4.90 Å². The molecule has 1 aliphatic rings. The van der Waals surface area contributed by atoms with E-state index in [1.165, 1.54) is 11.3 Å². The van der Waals surface area contributed by atoms with Gasteiger partial charge in [0, 0.05) is 18.0 Å². The number of hydrogen-bond donors (Lipinski definition) is 1. The van der Waals surface area contributed by atoms with E-state index < -0.39 is 11.4 Å². The van der Waals surface area contributed by atoms with Crippen LogP contribution in [0.2, 0.25) is 0 Å². The van der Waals surface area contributed by atoms with E-state index in [1.54, 1.807) is 0 Å². The third-order valence-electron chi connectivity index (χ3n) is 3.73. The lowest BCUT2D eigenvalue weighted by Gasteiger charge is -2.39. The lowest BCUT2D eigenvalue weighted by molar-refractivity contribution is -0.143. The fourth-order valence-corrected chi connectivity index (χ4v) is 3.86. The SMILES string of the molecule is CN1Cc2ccccc2C(C(=O)O)(c2cccs2)C1. The topological polar surface area (TPSA) is 40.5 Å². The molecule has 0 bridgehead atoms. The lowest BCUT2D eigenvalue weighted by Crippen LogP contribution is -2.49. The number of carboxylic acids is 1. The summed E-state index contributed by atoms with van der Waals surface area (Å²) in [5.74, 6) is -0.769. The number of carboxylic acid groups (broad SMARTS) is 1. The van der Waals surface area contributed by atoms with Gasteiger partial charge in [-0.2, -0.15) is 0 Å². The van der Waals surface area contributed by atoms with Crippen LogP contribution in [0.15, 0.2) is 41.8 Å². The molecule has 1 aromatic carbocycles. The van der Waals surface area contributed by atoms with Gasteiger partial charge < -0.3 is 10.0 Å². The van der Waals surface area contributed by atoms with E-state index in [-0.39, 0.29) is 0 Å². The van der Waals surface area contributed by atoms with Gasteiger partial charge in [-0.3, -0.25) is 4.79 Å². The van der Waals surface area contributed by atoms with Crippen molar-refractivity contribution in [3.8, 4) is 0 Å². The summed E-state index contributed by atoms with van der Waals surface area (Å²) in [6.07, 6.45) is 0. The number of thiophene rings is 1. The largest absolute Gasteiger partial charge is 0.480 e. The van der Waals surface area contributed by atoms with Crippen LogP contribution in [0.5, 0.6) is 0 Å². The fourth-order valence-electron chi connectivity index (χ4n) is 2.93. The molecule has 3 nitrogen and oxygen atoms in total. The van der Waals surface area contributed by atoms with Crippen molar-refractivity contribution in [2.24, 2.45) is 0 Å². The highest BCUT2D eigenvalue weighted by atomic mass is 32.1. The molecule has 0 saturated heterocycles. The standard InChI is InChI=1S/C15H15NO2S/c1-16-9-11-5-2-3-6-12(11)15(10-16,14(17)18)13-7-4-8-19-13/h2-8H,9-10H2,1H3,(H,17,18). The third kappa shape index (κ3) is 1.79. The Labute approximate surface area is 116 Å². The number of rotatable bonds is 2. The first kappa shape index (κ1) is 12.4. The van der Waals surface area contributed by atoms with Crippen LogP contribution in [0.3, 0.4) is 0 Å². The minimum atomic E-state index is -0.933. The molecule has 0 fully saturated rings. The number of nitrogens with zero attached hydrogens (tertiary/aromatic N) is 1. The Kier molecular flexibility index (Phi) is 2.92. The molecular formula is C15H15NO2S. The molecule has 4 heteroatoms. The maximum absolute atomic E-state index is 12.1. The van der Waals surface area contributed by atoms with Gasteiger partial charge in [-0.15, -0.1) is 11.3 Å². The Hall–Kier alpha value is -1.65. The summed E-state index contributed by atoms with van der Waals surface area (Å²) >= 11 is 1.51. The second-order valence-electron chi connectivity index (χ2n) is 5.02. The summed E-state index contributed by atoms with van der Waals surface area (Å²) < 4.78 is 0. The van der Waals surface area contributed by atoms with E-state index >= 15 is 0 Å². The molecule has 0 radical (unpaired) electrons. The number of fused-ring (bicyclic) bond motifs is 1. The molecule has 0 spiro atoms. The molecule has 98 valence electrons. The van der Waals surface area contributed by atoms with E-state index in [0.717, 1.165) is 22.5 Å². The third-order valence-corrected chi connectivity index (χ3v) is 4.76. The van der Waals surface area contributed by atoms with Crippen molar-refractivity contribution in [1.82, 2.24) is 4.90 Å². The maximum Gasteiger partial charge on any atom is 0.320 e. The highest BCUT2D eigenvalue weighted by Gasteiger charge is 2.47. The quantitative estimate of drug-likeness (QED) is 0.914. The van der Waals surface area contributed by atoms with Crippen molar-refractivity contribution >= 4 is 17.3 Å². The zero-order valence-electron chi connectivity index (χ0n) is 10.7. The first-order valence-corrected chi connectivity index (χ1v) is 7.07. The average Bonchev–Trinajstić information content (AvgIpc) is 2.91. The van der Waals surface area contributed by atoms with Gasteiger partial charge in [0.15, 0.2) is 0 Å². The average molecular weight is 273 g/mol. The first-order chi connectivity index (χ1) is 9.14. The van der Waals surface area contributed by atoms with Crippen LogP contribution >= 0.6 is 11.3 Å². The van der Waals surface area contributed by atoms with Crippen LogP contribution in [0.4, 0.5) is 0 Å². The van der Waals surface area contributed by atoms with Crippen LogP contribution < -0.4 is 0 Å². The van der Waals surface area contributed by atoms with Gasteiger partial charge in [0.25, 0.3) is 0 Å². The van der Waals surface area contributed by atoms with Crippen molar-refractivity contribution in [3.63, 3.8) is 0 Å². The van der Waals surface area contributed by atoms with Gasteiger partial charge in [0.2, 0.25) is 0 Å². The van der Waals surface area contributed by atoms with Crippen LogP contribution in [0, 0.1) is 0 Å². The first-order valence-electron chi connectivity index (χ1n) is 6.19. The summed E-state index contributed by atoms with van der Waals surface area (Å²) in [5, 5.41) is 11.8. The Morgan fingerprint density at radius 3 is 2.79 bits per heavy atom. The summed E-state index contributed by atoms with van der Waals surface area (Å²) in [7, 11) is 1.97. The van der Waals surface area contributed by atoms with E-state index in [4.69, 9.17) is 0 Å². The van der Waals surface area contributed by atoms with Crippen LogP contribution in [0.25, 0.3) is 0 Å². The molecule has 1 unspecified atom stereocenters. The van der Waals surface area contributed by atoms with Gasteiger partial charge in [0.05, 0.1) is 0 Å². The Morgan fingerprint density at radius 1 is 1.32 bits per heavy atom. The van der Waals surface area contributed by atoms with Gasteiger partial charge >= 0.3 is 5.97 Å². The van der Waals surface area contributed by atoms with Gasteiger partial charge in [-0.25, -0.2) is 0 Å². The molecule has 1 N–H and O–H groups in total. The number of aliphatic carboxylic acids is 1. The molecule has 2 aromatic rings. The molecule has 0 aliphatic carbocycles. The molecule has 2 heterocycles. The second kappa shape index (κ2) is 4.47. The van der Waals surface area contributed by atoms with Crippen molar-refractivity contribution in [2.45, 2.75) is 12.0 Å². The van der Waals surface area contributed by atoms with Gasteiger partial charge in [-0.05, 0) is 29.6 Å². The van der Waals surface area contributed by atoms with Crippen molar-refractivity contribution < 1.29 is 9.90 Å². The molecule has 19 heavy (non-hydrogen) atoms. The minimum absolute atomic E-state index is 0.514. The Bertz CT molecular complexity index is 608. The lowest BCUT2D eigenvalue weighted by atomic mass is 9.74. The highest BCUT2D eigenvalue weighted by molar-refractivity contribution is 7.10. The number of carbonyl (C=O) groups is 1. The normalized spacial score (nSPS) is 23.0. The predicted octanol–water partition coefficient (Wildman–Crippen LogP) is 2.56. The predicted molar refractivity (Wildman–Crippen MR) is 75.5 cm³/mol. The number of likely N-dealkylation sites (N-methyl/N-ethyl adjacent to an activating group) is 1. The molecule has 3 rings (SSSR count). The van der Waals surface area contributed by atoms with E-state index in [0.29, 0.717) is 6.54 Å². The molecule has 1 aliphatic heterocycles. The summed E-state index contributed by atoms with van der Waals surface area (Å²) in [6, 6.07) is 11.7. The number of benzene rings is 1. The minimum Gasteiger partial charge on any atom is -0.480 e. The summed E-state index contributed by atoms with van der Waals surface area (Å²) in [4.78, 5) is 15.0. The molecule has 1 atom stereocenters. The fraction of sp³-hybridized carbons (Fsp3) is 0.267.